The molecule has 0 spiro atoms. The first kappa shape index (κ1) is 19.6. The van der Waals surface area contributed by atoms with E-state index in [1.54, 1.807) is 13.3 Å². The molecule has 1 amide bonds. The number of rotatable bonds is 6. The van der Waals surface area contributed by atoms with Gasteiger partial charge in [0.05, 0.1) is 13.3 Å². The van der Waals surface area contributed by atoms with Crippen molar-refractivity contribution in [3.05, 3.63) is 64.1 Å². The van der Waals surface area contributed by atoms with E-state index < -0.39 is 0 Å². The Morgan fingerprint density at radius 1 is 1.26 bits per heavy atom. The summed E-state index contributed by atoms with van der Waals surface area (Å²) in [4.78, 5) is 14.7. The summed E-state index contributed by atoms with van der Waals surface area (Å²) in [5.41, 5.74) is 4.86. The van der Waals surface area contributed by atoms with Crippen molar-refractivity contribution in [2.75, 3.05) is 20.2 Å². The summed E-state index contributed by atoms with van der Waals surface area (Å²) >= 11 is 3.46. The lowest BCUT2D eigenvalue weighted by molar-refractivity contribution is -0.126. The quantitative estimate of drug-likeness (QED) is 0.560. The Morgan fingerprint density at radius 3 is 2.70 bits per heavy atom. The van der Waals surface area contributed by atoms with Gasteiger partial charge in [0.15, 0.2) is 0 Å². The predicted octanol–water partition coefficient (Wildman–Crippen LogP) is 3.82. The lowest BCUT2D eigenvalue weighted by atomic mass is 9.96. The molecule has 3 rings (SSSR count). The van der Waals surface area contributed by atoms with Crippen molar-refractivity contribution in [3.63, 3.8) is 0 Å². The largest absolute Gasteiger partial charge is 0.497 e. The van der Waals surface area contributed by atoms with E-state index in [9.17, 15) is 4.79 Å². The van der Waals surface area contributed by atoms with Gasteiger partial charge in [0.1, 0.15) is 5.75 Å². The van der Waals surface area contributed by atoms with Crippen LogP contribution in [0.3, 0.4) is 0 Å². The Morgan fingerprint density at radius 2 is 2.00 bits per heavy atom. The fraction of sp³-hybridized carbons (Fsp3) is 0.333. The molecule has 0 radical (unpaired) electrons. The van der Waals surface area contributed by atoms with E-state index in [1.807, 2.05) is 24.3 Å². The molecule has 1 fully saturated rings. The lowest BCUT2D eigenvalue weighted by Gasteiger charge is -2.30. The van der Waals surface area contributed by atoms with E-state index >= 15 is 0 Å². The SMILES string of the molecule is COc1cccc(C=NNC(=O)C2CCN(Cc3ccc(Br)cc3)CC2)c1. The minimum atomic E-state index is -0.00237. The molecule has 1 saturated heterocycles. The number of ether oxygens (including phenoxy) is 1. The molecule has 0 bridgehead atoms. The number of hydrogen-bond acceptors (Lipinski definition) is 4. The fourth-order valence-corrected chi connectivity index (χ4v) is 3.45. The number of carbonyl (C=O) groups is 1. The van der Waals surface area contributed by atoms with Gasteiger partial charge in [-0.25, -0.2) is 5.43 Å². The molecule has 0 saturated carbocycles. The molecule has 142 valence electrons. The van der Waals surface area contributed by atoms with Crippen molar-refractivity contribution in [2.24, 2.45) is 11.0 Å². The van der Waals surface area contributed by atoms with E-state index in [0.29, 0.717) is 0 Å². The van der Waals surface area contributed by atoms with Gasteiger partial charge in [-0.3, -0.25) is 9.69 Å². The molecule has 1 aliphatic rings. The summed E-state index contributed by atoms with van der Waals surface area (Å²) in [5, 5.41) is 4.09. The summed E-state index contributed by atoms with van der Waals surface area (Å²) < 4.78 is 6.27. The number of likely N-dealkylation sites (tertiary alicyclic amines) is 1. The van der Waals surface area contributed by atoms with Crippen LogP contribution in [0.5, 0.6) is 5.75 Å². The molecule has 0 aliphatic carbocycles. The molecule has 2 aromatic rings. The first-order valence-electron chi connectivity index (χ1n) is 9.08. The van der Waals surface area contributed by atoms with Gasteiger partial charge in [-0.05, 0) is 61.3 Å². The van der Waals surface area contributed by atoms with E-state index in [-0.39, 0.29) is 11.8 Å². The van der Waals surface area contributed by atoms with Crippen LogP contribution in [0.1, 0.15) is 24.0 Å². The highest BCUT2D eigenvalue weighted by molar-refractivity contribution is 9.10. The Bertz CT molecular complexity index is 784. The normalized spacial score (nSPS) is 15.8. The van der Waals surface area contributed by atoms with Crippen LogP contribution in [0, 0.1) is 5.92 Å². The highest BCUT2D eigenvalue weighted by atomic mass is 79.9. The van der Waals surface area contributed by atoms with Crippen LogP contribution in [-0.2, 0) is 11.3 Å². The van der Waals surface area contributed by atoms with E-state index in [4.69, 9.17) is 4.74 Å². The van der Waals surface area contributed by atoms with E-state index in [0.717, 1.165) is 48.3 Å². The zero-order chi connectivity index (χ0) is 19.1. The average Bonchev–Trinajstić information content (AvgIpc) is 2.70. The molecule has 0 aromatic heterocycles. The Hall–Kier alpha value is -2.18. The zero-order valence-electron chi connectivity index (χ0n) is 15.4. The third-order valence-electron chi connectivity index (χ3n) is 4.76. The Kier molecular flexibility index (Phi) is 7.01. The average molecular weight is 430 g/mol. The van der Waals surface area contributed by atoms with Gasteiger partial charge < -0.3 is 4.74 Å². The van der Waals surface area contributed by atoms with Crippen molar-refractivity contribution in [2.45, 2.75) is 19.4 Å². The van der Waals surface area contributed by atoms with Crippen LogP contribution >= 0.6 is 15.9 Å². The number of benzene rings is 2. The fourth-order valence-electron chi connectivity index (χ4n) is 3.18. The molecule has 6 heteroatoms. The molecule has 27 heavy (non-hydrogen) atoms. The highest BCUT2D eigenvalue weighted by Gasteiger charge is 2.24. The van der Waals surface area contributed by atoms with Gasteiger partial charge in [0, 0.05) is 16.9 Å². The van der Waals surface area contributed by atoms with Crippen molar-refractivity contribution in [1.82, 2.24) is 10.3 Å². The number of halogens is 1. The third-order valence-corrected chi connectivity index (χ3v) is 5.29. The van der Waals surface area contributed by atoms with Gasteiger partial charge in [0.25, 0.3) is 0 Å². The molecule has 0 atom stereocenters. The minimum Gasteiger partial charge on any atom is -0.497 e. The molecular weight excluding hydrogens is 406 g/mol. The molecule has 1 N–H and O–H groups in total. The molecule has 1 aliphatic heterocycles. The smallest absolute Gasteiger partial charge is 0.243 e. The molecule has 0 unspecified atom stereocenters. The van der Waals surface area contributed by atoms with Crippen LogP contribution in [-0.4, -0.2) is 37.2 Å². The zero-order valence-corrected chi connectivity index (χ0v) is 17.0. The summed E-state index contributed by atoms with van der Waals surface area (Å²) in [6.45, 7) is 2.77. The second kappa shape index (κ2) is 9.67. The van der Waals surface area contributed by atoms with Crippen LogP contribution in [0.25, 0.3) is 0 Å². The van der Waals surface area contributed by atoms with Crippen LogP contribution < -0.4 is 10.2 Å². The number of carbonyl (C=O) groups excluding carboxylic acids is 1. The van der Waals surface area contributed by atoms with Crippen molar-refractivity contribution in [1.29, 1.82) is 0 Å². The van der Waals surface area contributed by atoms with Crippen molar-refractivity contribution < 1.29 is 9.53 Å². The van der Waals surface area contributed by atoms with Crippen molar-refractivity contribution >= 4 is 28.1 Å². The third kappa shape index (κ3) is 5.91. The number of amides is 1. The summed E-state index contributed by atoms with van der Waals surface area (Å²) in [7, 11) is 1.63. The number of methoxy groups -OCH3 is 1. The second-order valence-corrected chi connectivity index (χ2v) is 7.60. The number of piperidine rings is 1. The number of nitrogens with zero attached hydrogens (tertiary/aromatic N) is 2. The van der Waals surface area contributed by atoms with Gasteiger partial charge in [-0.2, -0.15) is 5.10 Å². The second-order valence-electron chi connectivity index (χ2n) is 6.69. The number of hydrogen-bond donors (Lipinski definition) is 1. The van der Waals surface area contributed by atoms with Crippen LogP contribution in [0.15, 0.2) is 58.1 Å². The Balaban J connectivity index is 1.44. The monoisotopic (exact) mass is 429 g/mol. The molecule has 1 heterocycles. The number of hydrazone groups is 1. The molecule has 2 aromatic carbocycles. The predicted molar refractivity (Wildman–Crippen MR) is 111 cm³/mol. The first-order valence-corrected chi connectivity index (χ1v) is 9.87. The number of nitrogens with one attached hydrogen (secondary N) is 1. The van der Waals surface area contributed by atoms with Gasteiger partial charge in [-0.15, -0.1) is 0 Å². The molecular formula is C21H24BrN3O2. The van der Waals surface area contributed by atoms with E-state index in [1.165, 1.54) is 5.56 Å². The van der Waals surface area contributed by atoms with Gasteiger partial charge in [0.2, 0.25) is 5.91 Å². The maximum absolute atomic E-state index is 12.3. The maximum Gasteiger partial charge on any atom is 0.243 e. The van der Waals surface area contributed by atoms with Crippen LogP contribution in [0.4, 0.5) is 0 Å². The minimum absolute atomic E-state index is 0.00237. The molecule has 5 nitrogen and oxygen atoms in total. The summed E-state index contributed by atoms with van der Waals surface area (Å²) in [6, 6.07) is 16.0. The standard InChI is InChI=1S/C21H24BrN3O2/c1-27-20-4-2-3-17(13-20)14-23-24-21(26)18-9-11-25(12-10-18)15-16-5-7-19(22)8-6-16/h2-8,13-14,18H,9-12,15H2,1H3,(H,24,26). The van der Waals surface area contributed by atoms with Crippen molar-refractivity contribution in [3.8, 4) is 5.75 Å². The first-order chi connectivity index (χ1) is 13.1. The van der Waals surface area contributed by atoms with Gasteiger partial charge in [-0.1, -0.05) is 40.2 Å². The topological polar surface area (TPSA) is 53.9 Å². The summed E-state index contributed by atoms with van der Waals surface area (Å²) in [5.74, 6) is 0.787. The Labute approximate surface area is 168 Å². The maximum atomic E-state index is 12.3. The van der Waals surface area contributed by atoms with Gasteiger partial charge >= 0.3 is 0 Å². The van der Waals surface area contributed by atoms with Crippen LogP contribution in [0.2, 0.25) is 0 Å². The summed E-state index contributed by atoms with van der Waals surface area (Å²) in [6.07, 6.45) is 3.36. The van der Waals surface area contributed by atoms with E-state index in [2.05, 4.69) is 55.6 Å². The lowest BCUT2D eigenvalue weighted by Crippen LogP contribution is -2.39. The highest BCUT2D eigenvalue weighted by Crippen LogP contribution is 2.20.